The second kappa shape index (κ2) is 6.01. The van der Waals surface area contributed by atoms with Gasteiger partial charge in [0, 0.05) is 5.56 Å². The van der Waals surface area contributed by atoms with Gasteiger partial charge in [-0.1, -0.05) is 60.7 Å². The fraction of sp³-hybridized carbons (Fsp3) is 0. The largest absolute Gasteiger partial charge is 0.350 e. The Morgan fingerprint density at radius 1 is 0.731 bits per heavy atom. The summed E-state index contributed by atoms with van der Waals surface area (Å²) in [7, 11) is 0. The number of hydrogen-bond donors (Lipinski definition) is 1. The Bertz CT molecular complexity index is 1100. The molecule has 4 aromatic rings. The fourth-order valence-electron chi connectivity index (χ4n) is 3.22. The molecule has 0 atom stereocenters. The second-order valence-electron chi connectivity index (χ2n) is 6.12. The van der Waals surface area contributed by atoms with E-state index < -0.39 is 0 Å². The predicted octanol–water partition coefficient (Wildman–Crippen LogP) is 5.35. The van der Waals surface area contributed by atoms with Gasteiger partial charge >= 0.3 is 0 Å². The molecule has 2 heterocycles. The molecule has 0 fully saturated rings. The Labute approximate surface area is 151 Å². The molecule has 4 heteroatoms. The number of nitrogens with one attached hydrogen (secondary N) is 1. The van der Waals surface area contributed by atoms with Gasteiger partial charge in [0.25, 0.3) is 0 Å². The Hall–Kier alpha value is -3.66. The third kappa shape index (κ3) is 2.40. The lowest BCUT2D eigenvalue weighted by Gasteiger charge is -2.12. The van der Waals surface area contributed by atoms with Crippen molar-refractivity contribution >= 4 is 23.3 Å². The van der Waals surface area contributed by atoms with Crippen LogP contribution >= 0.6 is 0 Å². The topological polar surface area (TPSA) is 42.2 Å². The van der Waals surface area contributed by atoms with E-state index in [0.29, 0.717) is 0 Å². The number of para-hydroxylation sites is 3. The van der Waals surface area contributed by atoms with Crippen molar-refractivity contribution in [2.75, 3.05) is 5.32 Å². The third-order valence-corrected chi connectivity index (χ3v) is 4.45. The van der Waals surface area contributed by atoms with Crippen molar-refractivity contribution < 1.29 is 0 Å². The first kappa shape index (κ1) is 14.7. The highest BCUT2D eigenvalue weighted by molar-refractivity contribution is 5.98. The Morgan fingerprint density at radius 2 is 1.42 bits per heavy atom. The van der Waals surface area contributed by atoms with Crippen LogP contribution in [0.1, 0.15) is 5.69 Å². The third-order valence-electron chi connectivity index (χ3n) is 4.45. The minimum Gasteiger partial charge on any atom is -0.350 e. The van der Waals surface area contributed by atoms with Crippen LogP contribution in [0.15, 0.2) is 89.9 Å². The Morgan fingerprint density at radius 3 is 2.23 bits per heavy atom. The van der Waals surface area contributed by atoms with Gasteiger partial charge in [-0.15, -0.1) is 0 Å². The summed E-state index contributed by atoms with van der Waals surface area (Å²) >= 11 is 0. The molecule has 0 saturated carbocycles. The molecule has 0 radical (unpaired) electrons. The first-order valence-corrected chi connectivity index (χ1v) is 8.54. The SMILES string of the molecule is C1=Nc2ccccc2Nc2c1nn(-c1ccccc1)c2-c1ccccc1. The molecule has 3 aromatic carbocycles. The molecular formula is C22H16N4. The van der Waals surface area contributed by atoms with E-state index in [0.717, 1.165) is 39.7 Å². The van der Waals surface area contributed by atoms with E-state index in [-0.39, 0.29) is 0 Å². The predicted molar refractivity (Wildman–Crippen MR) is 106 cm³/mol. The normalized spacial score (nSPS) is 12.0. The molecule has 0 bridgehead atoms. The number of hydrogen-bond acceptors (Lipinski definition) is 3. The monoisotopic (exact) mass is 336 g/mol. The van der Waals surface area contributed by atoms with Crippen molar-refractivity contribution in [2.45, 2.75) is 0 Å². The number of benzene rings is 3. The molecule has 5 rings (SSSR count). The van der Waals surface area contributed by atoms with E-state index in [1.165, 1.54) is 0 Å². The minimum absolute atomic E-state index is 0.823. The van der Waals surface area contributed by atoms with E-state index in [2.05, 4.69) is 34.6 Å². The van der Waals surface area contributed by atoms with Gasteiger partial charge in [-0.2, -0.15) is 5.10 Å². The molecule has 1 aliphatic heterocycles. The van der Waals surface area contributed by atoms with Crippen LogP contribution in [0.25, 0.3) is 16.9 Å². The molecule has 0 spiro atoms. The quantitative estimate of drug-likeness (QED) is 0.472. The highest BCUT2D eigenvalue weighted by Crippen LogP contribution is 2.39. The molecule has 26 heavy (non-hydrogen) atoms. The maximum absolute atomic E-state index is 4.85. The first-order chi connectivity index (χ1) is 12.9. The summed E-state index contributed by atoms with van der Waals surface area (Å²) in [6, 6.07) is 28.5. The van der Waals surface area contributed by atoms with Crippen LogP contribution in [0.3, 0.4) is 0 Å². The van der Waals surface area contributed by atoms with Gasteiger partial charge in [0.05, 0.1) is 34.7 Å². The van der Waals surface area contributed by atoms with Gasteiger partial charge in [-0.3, -0.25) is 4.99 Å². The lowest BCUT2D eigenvalue weighted by atomic mass is 10.1. The fourth-order valence-corrected chi connectivity index (χ4v) is 3.22. The Balaban J connectivity index is 1.78. The minimum atomic E-state index is 0.823. The van der Waals surface area contributed by atoms with Crippen molar-refractivity contribution in [3.05, 3.63) is 90.6 Å². The molecule has 0 saturated heterocycles. The number of rotatable bonds is 2. The number of anilines is 2. The number of aromatic nitrogens is 2. The maximum Gasteiger partial charge on any atom is 0.128 e. The van der Waals surface area contributed by atoms with Gasteiger partial charge in [0.2, 0.25) is 0 Å². The van der Waals surface area contributed by atoms with E-state index in [4.69, 9.17) is 5.10 Å². The number of fused-ring (bicyclic) bond motifs is 2. The van der Waals surface area contributed by atoms with Crippen molar-refractivity contribution in [1.29, 1.82) is 0 Å². The molecular weight excluding hydrogens is 320 g/mol. The molecule has 1 N–H and O–H groups in total. The molecule has 0 unspecified atom stereocenters. The lowest BCUT2D eigenvalue weighted by molar-refractivity contribution is 0.884. The van der Waals surface area contributed by atoms with Gasteiger partial charge in [-0.25, -0.2) is 4.68 Å². The van der Waals surface area contributed by atoms with Crippen molar-refractivity contribution in [2.24, 2.45) is 4.99 Å². The van der Waals surface area contributed by atoms with Gasteiger partial charge in [-0.05, 0) is 24.3 Å². The van der Waals surface area contributed by atoms with Crippen molar-refractivity contribution in [3.63, 3.8) is 0 Å². The lowest BCUT2D eigenvalue weighted by Crippen LogP contribution is -2.00. The summed E-state index contributed by atoms with van der Waals surface area (Å²) in [6.07, 6.45) is 1.83. The van der Waals surface area contributed by atoms with Crippen LogP contribution < -0.4 is 5.32 Å². The van der Waals surface area contributed by atoms with Crippen LogP contribution in [0.4, 0.5) is 17.1 Å². The average Bonchev–Trinajstić information content (AvgIpc) is 2.97. The van der Waals surface area contributed by atoms with Crippen LogP contribution in [-0.2, 0) is 0 Å². The van der Waals surface area contributed by atoms with E-state index >= 15 is 0 Å². The summed E-state index contributed by atoms with van der Waals surface area (Å²) in [5.74, 6) is 0. The first-order valence-electron chi connectivity index (χ1n) is 8.54. The summed E-state index contributed by atoms with van der Waals surface area (Å²) in [4.78, 5) is 4.61. The van der Waals surface area contributed by atoms with Crippen LogP contribution in [0.5, 0.6) is 0 Å². The smallest absolute Gasteiger partial charge is 0.128 e. The molecule has 124 valence electrons. The number of nitrogens with zero attached hydrogens (tertiary/aromatic N) is 3. The van der Waals surface area contributed by atoms with Gasteiger partial charge in [0.1, 0.15) is 5.69 Å². The summed E-state index contributed by atoms with van der Waals surface area (Å²) in [6.45, 7) is 0. The van der Waals surface area contributed by atoms with Crippen molar-refractivity contribution in [1.82, 2.24) is 9.78 Å². The van der Waals surface area contributed by atoms with E-state index in [1.807, 2.05) is 71.6 Å². The van der Waals surface area contributed by atoms with E-state index in [9.17, 15) is 0 Å². The van der Waals surface area contributed by atoms with Gasteiger partial charge in [0.15, 0.2) is 0 Å². The van der Waals surface area contributed by atoms with Crippen LogP contribution in [-0.4, -0.2) is 16.0 Å². The van der Waals surface area contributed by atoms with Crippen LogP contribution in [0, 0.1) is 0 Å². The summed E-state index contributed by atoms with van der Waals surface area (Å²) < 4.78 is 1.98. The van der Waals surface area contributed by atoms with E-state index in [1.54, 1.807) is 0 Å². The van der Waals surface area contributed by atoms with Gasteiger partial charge < -0.3 is 5.32 Å². The second-order valence-corrected chi connectivity index (χ2v) is 6.12. The average molecular weight is 336 g/mol. The Kier molecular flexibility index (Phi) is 3.39. The zero-order valence-electron chi connectivity index (χ0n) is 14.0. The van der Waals surface area contributed by atoms with Crippen LogP contribution in [0.2, 0.25) is 0 Å². The molecule has 4 nitrogen and oxygen atoms in total. The number of aliphatic imine (C=N–C) groups is 1. The molecule has 0 amide bonds. The maximum atomic E-state index is 4.85. The highest BCUT2D eigenvalue weighted by atomic mass is 15.3. The molecule has 0 aliphatic carbocycles. The molecule has 1 aromatic heterocycles. The summed E-state index contributed by atoms with van der Waals surface area (Å²) in [5.41, 5.74) is 6.82. The van der Waals surface area contributed by atoms with Crippen molar-refractivity contribution in [3.8, 4) is 16.9 Å². The highest BCUT2D eigenvalue weighted by Gasteiger charge is 2.22. The zero-order chi connectivity index (χ0) is 17.3. The molecule has 1 aliphatic rings. The summed E-state index contributed by atoms with van der Waals surface area (Å²) in [5, 5.41) is 8.40. The zero-order valence-corrected chi connectivity index (χ0v) is 14.0. The standard InChI is InChI=1S/C22H16N4/c1-3-9-16(10-4-1)22-21-20(25-26(22)17-11-5-2-6-12-17)15-23-18-13-7-8-14-19(18)24-21/h1-15,24H.